The number of rotatable bonds is 5. The third-order valence-corrected chi connectivity index (χ3v) is 3.80. The van der Waals surface area contributed by atoms with E-state index in [1.165, 1.54) is 5.56 Å². The number of benzene rings is 2. The summed E-state index contributed by atoms with van der Waals surface area (Å²) in [5.74, 6) is 1.35. The molecule has 112 valence electrons. The summed E-state index contributed by atoms with van der Waals surface area (Å²) in [6.45, 7) is 0. The second-order valence-electron chi connectivity index (χ2n) is 5.18. The molecule has 0 aliphatic carbocycles. The van der Waals surface area contributed by atoms with Crippen LogP contribution in [-0.2, 0) is 6.42 Å². The minimum atomic E-state index is -0.159. The number of H-pyrrole nitrogens is 1. The number of aromatic amines is 1. The minimum absolute atomic E-state index is 0.159. The lowest BCUT2D eigenvalue weighted by Gasteiger charge is -2.07. The Labute approximate surface area is 134 Å². The van der Waals surface area contributed by atoms with Crippen LogP contribution in [0.15, 0.2) is 54.6 Å². The molecule has 4 nitrogen and oxygen atoms in total. The van der Waals surface area contributed by atoms with Crippen molar-refractivity contribution in [1.29, 1.82) is 0 Å². The molecule has 0 aliphatic heterocycles. The molecule has 1 atom stereocenters. The normalized spacial score (nSPS) is 12.3. The summed E-state index contributed by atoms with van der Waals surface area (Å²) in [5, 5.41) is 7.86. The fraction of sp³-hybridized carbons (Fsp3) is 0.176. The minimum Gasteiger partial charge on any atom is -0.321 e. The van der Waals surface area contributed by atoms with Crippen molar-refractivity contribution in [2.75, 3.05) is 0 Å². The quantitative estimate of drug-likeness (QED) is 0.753. The Morgan fingerprint density at radius 3 is 2.50 bits per heavy atom. The Hall–Kier alpha value is -2.17. The molecule has 0 amide bonds. The van der Waals surface area contributed by atoms with Gasteiger partial charge in [-0.15, -0.1) is 0 Å². The van der Waals surface area contributed by atoms with Crippen LogP contribution in [0.3, 0.4) is 0 Å². The van der Waals surface area contributed by atoms with Crippen molar-refractivity contribution >= 4 is 11.6 Å². The Morgan fingerprint density at radius 2 is 1.77 bits per heavy atom. The van der Waals surface area contributed by atoms with Gasteiger partial charge in [0.1, 0.15) is 5.82 Å². The topological polar surface area (TPSA) is 67.6 Å². The number of nitrogens with one attached hydrogen (secondary N) is 1. The molecular formula is C17H17ClN4. The summed E-state index contributed by atoms with van der Waals surface area (Å²) in [7, 11) is 0. The molecule has 3 rings (SSSR count). The van der Waals surface area contributed by atoms with Crippen LogP contribution in [0, 0.1) is 0 Å². The maximum atomic E-state index is 6.20. The van der Waals surface area contributed by atoms with Gasteiger partial charge < -0.3 is 5.73 Å². The number of nitrogens with two attached hydrogens (primary N) is 1. The third kappa shape index (κ3) is 3.53. The van der Waals surface area contributed by atoms with Crippen molar-refractivity contribution in [2.24, 2.45) is 5.73 Å². The molecule has 3 aromatic rings. The molecule has 5 heteroatoms. The zero-order valence-corrected chi connectivity index (χ0v) is 12.8. The number of hydrogen-bond acceptors (Lipinski definition) is 3. The Bertz CT molecular complexity index is 722. The van der Waals surface area contributed by atoms with Crippen LogP contribution in [0.5, 0.6) is 0 Å². The molecule has 3 N–H and O–H groups in total. The number of halogens is 1. The predicted molar refractivity (Wildman–Crippen MR) is 88.5 cm³/mol. The molecule has 2 aromatic carbocycles. The van der Waals surface area contributed by atoms with Crippen LogP contribution in [0.4, 0.5) is 0 Å². The standard InChI is InChI=1S/C17H17ClN4/c18-14-9-7-13(8-10-14)16-20-17(22-21-16)15(19)11-6-12-4-2-1-3-5-12/h1-5,7-10,15H,6,11,19H2,(H,20,21,22)/t15-/m1/s1. The van der Waals surface area contributed by atoms with Gasteiger partial charge >= 0.3 is 0 Å². The maximum absolute atomic E-state index is 6.20. The Balaban J connectivity index is 1.66. The first kappa shape index (κ1) is 14.8. The first-order valence-corrected chi connectivity index (χ1v) is 7.58. The van der Waals surface area contributed by atoms with E-state index in [0.717, 1.165) is 18.4 Å². The molecule has 0 radical (unpaired) electrons. The zero-order valence-electron chi connectivity index (χ0n) is 12.0. The van der Waals surface area contributed by atoms with E-state index in [1.807, 2.05) is 42.5 Å². The lowest BCUT2D eigenvalue weighted by atomic mass is 10.1. The molecule has 1 heterocycles. The Morgan fingerprint density at radius 1 is 1.05 bits per heavy atom. The first-order valence-electron chi connectivity index (χ1n) is 7.20. The lowest BCUT2D eigenvalue weighted by Crippen LogP contribution is -2.13. The zero-order chi connectivity index (χ0) is 15.4. The SMILES string of the molecule is N[C@H](CCc1ccccc1)c1nc(-c2ccc(Cl)cc2)n[nH]1. The highest BCUT2D eigenvalue weighted by molar-refractivity contribution is 6.30. The van der Waals surface area contributed by atoms with E-state index < -0.39 is 0 Å². The molecule has 0 unspecified atom stereocenters. The summed E-state index contributed by atoms with van der Waals surface area (Å²) >= 11 is 5.89. The summed E-state index contributed by atoms with van der Waals surface area (Å²) < 4.78 is 0. The monoisotopic (exact) mass is 312 g/mol. The van der Waals surface area contributed by atoms with Gasteiger partial charge in [0.25, 0.3) is 0 Å². The summed E-state index contributed by atoms with van der Waals surface area (Å²) in [6.07, 6.45) is 1.73. The van der Waals surface area contributed by atoms with Crippen LogP contribution in [0.1, 0.15) is 23.9 Å². The van der Waals surface area contributed by atoms with Crippen LogP contribution < -0.4 is 5.73 Å². The van der Waals surface area contributed by atoms with Crippen molar-refractivity contribution in [1.82, 2.24) is 15.2 Å². The van der Waals surface area contributed by atoms with Gasteiger partial charge in [-0.3, -0.25) is 5.10 Å². The van der Waals surface area contributed by atoms with Crippen molar-refractivity contribution in [2.45, 2.75) is 18.9 Å². The van der Waals surface area contributed by atoms with Gasteiger partial charge in [0, 0.05) is 10.6 Å². The average molecular weight is 313 g/mol. The van der Waals surface area contributed by atoms with E-state index in [0.29, 0.717) is 16.7 Å². The van der Waals surface area contributed by atoms with E-state index >= 15 is 0 Å². The third-order valence-electron chi connectivity index (χ3n) is 3.54. The lowest BCUT2D eigenvalue weighted by molar-refractivity contribution is 0.615. The van der Waals surface area contributed by atoms with E-state index in [2.05, 4.69) is 27.3 Å². The molecule has 0 saturated carbocycles. The molecule has 0 aliphatic rings. The number of nitrogens with zero attached hydrogens (tertiary/aromatic N) is 2. The predicted octanol–water partition coefficient (Wildman–Crippen LogP) is 3.76. The smallest absolute Gasteiger partial charge is 0.181 e. The highest BCUT2D eigenvalue weighted by Crippen LogP contribution is 2.20. The van der Waals surface area contributed by atoms with Crippen LogP contribution in [0.2, 0.25) is 5.02 Å². The first-order chi connectivity index (χ1) is 10.7. The van der Waals surface area contributed by atoms with Gasteiger partial charge in [0.2, 0.25) is 0 Å². The highest BCUT2D eigenvalue weighted by Gasteiger charge is 2.12. The van der Waals surface area contributed by atoms with Crippen LogP contribution >= 0.6 is 11.6 Å². The van der Waals surface area contributed by atoms with E-state index in [9.17, 15) is 0 Å². The largest absolute Gasteiger partial charge is 0.321 e. The van der Waals surface area contributed by atoms with Gasteiger partial charge in [-0.2, -0.15) is 5.10 Å². The molecule has 1 aromatic heterocycles. The molecule has 0 saturated heterocycles. The van der Waals surface area contributed by atoms with Gasteiger partial charge in [-0.25, -0.2) is 4.98 Å². The molecule has 0 spiro atoms. The maximum Gasteiger partial charge on any atom is 0.181 e. The Kier molecular flexibility index (Phi) is 4.51. The van der Waals surface area contributed by atoms with E-state index in [1.54, 1.807) is 0 Å². The summed E-state index contributed by atoms with van der Waals surface area (Å²) in [6, 6.07) is 17.6. The van der Waals surface area contributed by atoms with E-state index in [4.69, 9.17) is 17.3 Å². The van der Waals surface area contributed by atoms with Crippen LogP contribution in [-0.4, -0.2) is 15.2 Å². The van der Waals surface area contributed by atoms with Gasteiger partial charge in [0.05, 0.1) is 6.04 Å². The van der Waals surface area contributed by atoms with Crippen molar-refractivity contribution < 1.29 is 0 Å². The fourth-order valence-corrected chi connectivity index (χ4v) is 2.40. The van der Waals surface area contributed by atoms with Crippen molar-refractivity contribution in [3.05, 3.63) is 71.0 Å². The summed E-state index contributed by atoms with van der Waals surface area (Å²) in [4.78, 5) is 4.49. The number of hydrogen-bond donors (Lipinski definition) is 2. The highest BCUT2D eigenvalue weighted by atomic mass is 35.5. The summed E-state index contributed by atoms with van der Waals surface area (Å²) in [5.41, 5.74) is 8.40. The molecule has 0 bridgehead atoms. The van der Waals surface area contributed by atoms with Gasteiger partial charge in [0.15, 0.2) is 5.82 Å². The van der Waals surface area contributed by atoms with Gasteiger partial charge in [-0.05, 0) is 42.7 Å². The molecular weight excluding hydrogens is 296 g/mol. The van der Waals surface area contributed by atoms with Crippen LogP contribution in [0.25, 0.3) is 11.4 Å². The number of aryl methyl sites for hydroxylation is 1. The van der Waals surface area contributed by atoms with E-state index in [-0.39, 0.29) is 6.04 Å². The second kappa shape index (κ2) is 6.73. The number of aromatic nitrogens is 3. The fourth-order valence-electron chi connectivity index (χ4n) is 2.27. The second-order valence-corrected chi connectivity index (χ2v) is 5.62. The molecule has 0 fully saturated rings. The van der Waals surface area contributed by atoms with Gasteiger partial charge in [-0.1, -0.05) is 41.9 Å². The molecule has 22 heavy (non-hydrogen) atoms. The average Bonchev–Trinajstić information content (AvgIpc) is 3.04. The van der Waals surface area contributed by atoms with Crippen molar-refractivity contribution in [3.8, 4) is 11.4 Å². The van der Waals surface area contributed by atoms with Crippen molar-refractivity contribution in [3.63, 3.8) is 0 Å².